The summed E-state index contributed by atoms with van der Waals surface area (Å²) in [5.74, 6) is 0. The Labute approximate surface area is 68.7 Å². The summed E-state index contributed by atoms with van der Waals surface area (Å²) in [4.78, 5) is 0. The zero-order valence-electron chi connectivity index (χ0n) is 7.07. The summed E-state index contributed by atoms with van der Waals surface area (Å²) < 4.78 is 18.8. The fourth-order valence-corrected chi connectivity index (χ4v) is 0.962. The van der Waals surface area contributed by atoms with Gasteiger partial charge in [-0.15, -0.1) is 0 Å². The van der Waals surface area contributed by atoms with Crippen LogP contribution in [0, 0.1) is 0 Å². The third-order valence-corrected chi connectivity index (χ3v) is 2.12. The number of ether oxygens (including phenoxy) is 1. The number of hydrogen-bond donors (Lipinski definition) is 0. The summed E-state index contributed by atoms with van der Waals surface area (Å²) in [5.41, 5.74) is 0. The van der Waals surface area contributed by atoms with Crippen molar-refractivity contribution in [3.8, 4) is 0 Å². The molecule has 0 aromatic rings. The van der Waals surface area contributed by atoms with E-state index in [1.165, 1.54) is 0 Å². The predicted octanol–water partition coefficient (Wildman–Crippen LogP) is 0.173. The summed E-state index contributed by atoms with van der Waals surface area (Å²) in [6.45, 7) is 0.819. The summed E-state index contributed by atoms with van der Waals surface area (Å²) >= 11 is 0. The Morgan fingerprint density at radius 3 is 1.45 bits per heavy atom. The molecule has 0 radical (unpaired) electrons. The molecule has 0 spiro atoms. The fraction of sp³-hybridized carbons (Fsp3) is 0.667. The van der Waals surface area contributed by atoms with Gasteiger partial charge in [0.15, 0.2) is 0 Å². The minimum atomic E-state index is -1.67. The highest BCUT2D eigenvalue weighted by molar-refractivity contribution is 6.36. The highest BCUT2D eigenvalue weighted by atomic mass is 28.3. The first-order chi connectivity index (χ1) is 5.35. The predicted molar refractivity (Wildman–Crippen MR) is 43.3 cm³/mol. The van der Waals surface area contributed by atoms with Gasteiger partial charge in [0, 0.05) is 21.3 Å². The smallest absolute Gasteiger partial charge is 0.483 e. The van der Waals surface area contributed by atoms with Crippen molar-refractivity contribution in [2.45, 2.75) is 0 Å². The second-order valence-corrected chi connectivity index (χ2v) is 3.69. The first kappa shape index (κ1) is 10.6. The Kier molecular flexibility index (Phi) is 7.49. The van der Waals surface area contributed by atoms with Gasteiger partial charge >= 0.3 is 9.53 Å². The summed E-state index contributed by atoms with van der Waals surface area (Å²) in [7, 11) is 3.05. The molecule has 0 aromatic carbocycles. The molecule has 11 heavy (non-hydrogen) atoms. The van der Waals surface area contributed by atoms with Crippen LogP contribution in [0.25, 0.3) is 0 Å². The van der Waals surface area contributed by atoms with Gasteiger partial charge in [0.25, 0.3) is 0 Å². The zero-order valence-corrected chi connectivity index (χ0v) is 8.23. The molecular formula is C6H14O4Si. The molecule has 0 saturated heterocycles. The van der Waals surface area contributed by atoms with Crippen molar-refractivity contribution >= 4 is 9.53 Å². The first-order valence-corrected chi connectivity index (χ1v) is 4.61. The Balaban J connectivity index is 0.000000207. The SMILES string of the molecule is C1=COC1.CO[SiH](OC)OC. The minimum absolute atomic E-state index is 0.819. The van der Waals surface area contributed by atoms with Gasteiger partial charge in [-0.2, -0.15) is 0 Å². The molecule has 0 unspecified atom stereocenters. The lowest BCUT2D eigenvalue weighted by Crippen LogP contribution is -2.21. The molecule has 0 amide bonds. The van der Waals surface area contributed by atoms with E-state index in [0.717, 1.165) is 6.61 Å². The summed E-state index contributed by atoms with van der Waals surface area (Å²) in [6.07, 6.45) is 3.64. The topological polar surface area (TPSA) is 36.9 Å². The highest BCUT2D eigenvalue weighted by Gasteiger charge is 2.04. The lowest BCUT2D eigenvalue weighted by molar-refractivity contribution is 0.163. The quantitative estimate of drug-likeness (QED) is 0.577. The Morgan fingerprint density at radius 2 is 1.45 bits per heavy atom. The maximum Gasteiger partial charge on any atom is 0.483 e. The highest BCUT2D eigenvalue weighted by Crippen LogP contribution is 1.87. The van der Waals surface area contributed by atoms with Crippen LogP contribution >= 0.6 is 0 Å². The first-order valence-electron chi connectivity index (χ1n) is 3.20. The molecule has 0 bridgehead atoms. The molecule has 1 heterocycles. The van der Waals surface area contributed by atoms with Crippen LogP contribution in [0.15, 0.2) is 12.3 Å². The average Bonchev–Trinajstić information content (AvgIpc) is 1.88. The third-order valence-electron chi connectivity index (χ3n) is 0.962. The van der Waals surface area contributed by atoms with E-state index in [1.54, 1.807) is 27.6 Å². The van der Waals surface area contributed by atoms with E-state index in [4.69, 9.17) is 13.3 Å². The fourth-order valence-electron chi connectivity index (χ4n) is 0.385. The van der Waals surface area contributed by atoms with E-state index < -0.39 is 9.53 Å². The van der Waals surface area contributed by atoms with Gasteiger partial charge in [0.05, 0.1) is 6.26 Å². The van der Waals surface area contributed by atoms with Crippen LogP contribution < -0.4 is 0 Å². The van der Waals surface area contributed by atoms with Crippen LogP contribution in [0.2, 0.25) is 0 Å². The molecule has 0 saturated carbocycles. The van der Waals surface area contributed by atoms with E-state index in [1.807, 2.05) is 6.08 Å². The van der Waals surface area contributed by atoms with Crippen LogP contribution in [0.4, 0.5) is 0 Å². The molecule has 0 aliphatic carbocycles. The van der Waals surface area contributed by atoms with Crippen LogP contribution in [0.5, 0.6) is 0 Å². The molecule has 1 aliphatic rings. The molecule has 4 nitrogen and oxygen atoms in total. The maximum absolute atomic E-state index is 4.74. The van der Waals surface area contributed by atoms with E-state index in [0.29, 0.717) is 0 Å². The van der Waals surface area contributed by atoms with Crippen molar-refractivity contribution in [3.63, 3.8) is 0 Å². The van der Waals surface area contributed by atoms with Gasteiger partial charge in [-0.1, -0.05) is 0 Å². The summed E-state index contributed by atoms with van der Waals surface area (Å²) in [6, 6.07) is 0. The van der Waals surface area contributed by atoms with Crippen molar-refractivity contribution in [1.82, 2.24) is 0 Å². The number of hydrogen-bond acceptors (Lipinski definition) is 4. The van der Waals surface area contributed by atoms with Gasteiger partial charge in [-0.25, -0.2) is 0 Å². The van der Waals surface area contributed by atoms with Crippen molar-refractivity contribution in [2.24, 2.45) is 0 Å². The van der Waals surface area contributed by atoms with Gasteiger partial charge in [-0.05, 0) is 6.08 Å². The maximum atomic E-state index is 4.74. The van der Waals surface area contributed by atoms with Crippen molar-refractivity contribution < 1.29 is 18.0 Å². The Hall–Kier alpha value is -0.363. The van der Waals surface area contributed by atoms with Crippen molar-refractivity contribution in [2.75, 3.05) is 27.9 Å². The van der Waals surface area contributed by atoms with Crippen molar-refractivity contribution in [1.29, 1.82) is 0 Å². The van der Waals surface area contributed by atoms with E-state index in [2.05, 4.69) is 4.74 Å². The zero-order chi connectivity index (χ0) is 8.53. The van der Waals surface area contributed by atoms with Gasteiger partial charge < -0.3 is 18.0 Å². The molecule has 0 atom stereocenters. The van der Waals surface area contributed by atoms with E-state index in [-0.39, 0.29) is 0 Å². The minimum Gasteiger partial charge on any atom is -0.497 e. The van der Waals surface area contributed by atoms with Crippen LogP contribution in [0.3, 0.4) is 0 Å². The van der Waals surface area contributed by atoms with E-state index in [9.17, 15) is 0 Å². The van der Waals surface area contributed by atoms with Gasteiger partial charge in [0.2, 0.25) is 0 Å². The van der Waals surface area contributed by atoms with Gasteiger partial charge in [-0.3, -0.25) is 0 Å². The van der Waals surface area contributed by atoms with Gasteiger partial charge in [0.1, 0.15) is 6.61 Å². The molecule has 0 aromatic heterocycles. The Bertz CT molecular complexity index is 91.2. The second-order valence-electron chi connectivity index (χ2n) is 1.70. The molecular weight excluding hydrogens is 164 g/mol. The number of rotatable bonds is 3. The van der Waals surface area contributed by atoms with Crippen molar-refractivity contribution in [3.05, 3.63) is 12.3 Å². The Morgan fingerprint density at radius 1 is 1.18 bits per heavy atom. The molecule has 1 rings (SSSR count). The largest absolute Gasteiger partial charge is 0.497 e. The molecule has 0 N–H and O–H groups in total. The lowest BCUT2D eigenvalue weighted by atomic mass is 10.6. The van der Waals surface area contributed by atoms with Crippen LogP contribution in [-0.2, 0) is 18.0 Å². The standard InChI is InChI=1S/C3H10O3Si.C3H4O/c1-4-7(5-2)6-3;1-2-4-3-1/h7H,1-3H3;1-2H,3H2. The summed E-state index contributed by atoms with van der Waals surface area (Å²) in [5, 5.41) is 0. The van der Waals surface area contributed by atoms with Crippen LogP contribution in [0.1, 0.15) is 0 Å². The lowest BCUT2D eigenvalue weighted by Gasteiger charge is -2.05. The second kappa shape index (κ2) is 7.74. The van der Waals surface area contributed by atoms with Crippen LogP contribution in [-0.4, -0.2) is 37.5 Å². The normalized spacial score (nSPS) is 13.1. The molecule has 66 valence electrons. The molecule has 0 fully saturated rings. The third kappa shape index (κ3) is 6.05. The monoisotopic (exact) mass is 178 g/mol. The van der Waals surface area contributed by atoms with E-state index >= 15 is 0 Å². The average molecular weight is 178 g/mol. The molecule has 5 heteroatoms. The molecule has 1 aliphatic heterocycles.